The third kappa shape index (κ3) is 9.48. The minimum atomic E-state index is -1.82. The van der Waals surface area contributed by atoms with E-state index in [4.69, 9.17) is 33.2 Å². The summed E-state index contributed by atoms with van der Waals surface area (Å²) in [6.45, 7) is -0.421. The lowest BCUT2D eigenvalue weighted by molar-refractivity contribution is -0.309. The number of aliphatic hydroxyl groups excluding tert-OH is 8. The van der Waals surface area contributed by atoms with E-state index in [0.29, 0.717) is 5.56 Å². The van der Waals surface area contributed by atoms with Crippen molar-refractivity contribution in [3.05, 3.63) is 23.8 Å². The van der Waals surface area contributed by atoms with Crippen LogP contribution in [0.4, 0.5) is 0 Å². The van der Waals surface area contributed by atoms with Crippen molar-refractivity contribution in [3.63, 3.8) is 0 Å². The number of esters is 1. The van der Waals surface area contributed by atoms with Crippen LogP contribution >= 0.6 is 0 Å². The van der Waals surface area contributed by atoms with Gasteiger partial charge in [0.15, 0.2) is 17.8 Å². The van der Waals surface area contributed by atoms with Gasteiger partial charge < -0.3 is 79.1 Å². The lowest BCUT2D eigenvalue weighted by Gasteiger charge is -2.43. The van der Waals surface area contributed by atoms with Gasteiger partial charge in [0, 0.05) is 0 Å². The fraction of sp³-hybridized carbons (Fsp3) is 0.655. The first kappa shape index (κ1) is 38.3. The molecule has 1 aromatic rings. The number of methoxy groups -OCH3 is 2. The fourth-order valence-electron chi connectivity index (χ4n) is 5.08. The molecule has 266 valence electrons. The molecule has 2 aliphatic rings. The van der Waals surface area contributed by atoms with Crippen molar-refractivity contribution in [2.75, 3.05) is 34.0 Å². The first-order valence-electron chi connectivity index (χ1n) is 14.4. The zero-order chi connectivity index (χ0) is 35.1. The van der Waals surface area contributed by atoms with E-state index in [-0.39, 0.29) is 23.9 Å². The summed E-state index contributed by atoms with van der Waals surface area (Å²) in [6, 6.07) is 3.00. The van der Waals surface area contributed by atoms with Crippen molar-refractivity contribution in [2.45, 2.75) is 86.8 Å². The van der Waals surface area contributed by atoms with E-state index in [9.17, 15) is 55.5 Å². The smallest absolute Gasteiger partial charge is 0.309 e. The number of carboxylic acid groups (broad SMARTS) is 1. The highest BCUT2D eigenvalue weighted by Gasteiger charge is 2.48. The van der Waals surface area contributed by atoms with Crippen LogP contribution in [0, 0.1) is 0 Å². The van der Waals surface area contributed by atoms with Crippen molar-refractivity contribution in [2.24, 2.45) is 0 Å². The maximum atomic E-state index is 12.7. The largest absolute Gasteiger partial charge is 0.493 e. The van der Waals surface area contributed by atoms with Crippen molar-refractivity contribution in [1.29, 1.82) is 0 Å². The highest BCUT2D eigenvalue weighted by molar-refractivity contribution is 5.74. The maximum Gasteiger partial charge on any atom is 0.309 e. The van der Waals surface area contributed by atoms with Crippen LogP contribution < -0.4 is 14.2 Å². The number of carbonyl (C=O) groups is 2. The topological polar surface area (TPSA) is 281 Å². The highest BCUT2D eigenvalue weighted by atomic mass is 16.7. The van der Waals surface area contributed by atoms with Crippen LogP contribution in [-0.4, -0.2) is 159 Å². The zero-order valence-electron chi connectivity index (χ0n) is 25.8. The van der Waals surface area contributed by atoms with E-state index >= 15 is 0 Å². The Morgan fingerprint density at radius 1 is 0.851 bits per heavy atom. The average Bonchev–Trinajstić information content (AvgIpc) is 3.03. The lowest BCUT2D eigenvalue weighted by Crippen LogP contribution is -2.61. The highest BCUT2D eigenvalue weighted by Crippen LogP contribution is 2.41. The number of carboxylic acids is 1. The standard InChI is InChI=1S/C29H42O18/c1-29(9-18(32)33,47-26-17(12-31)44-27(40)23(38)22(26)37)10-19(34)43-6-4-5-13-7-14(41-2)25(15(8-13)42-3)46-28-24(39)21(36)20(35)16(11-30)45-28/h4-5,7-8,16-17,20-24,26-28,30-31,35-40H,6,9-12H2,1-3H3,(H,32,33)/b5-4+/t16-,17-,20-,21+,22-,23-,24-,26-,27?,28+,29+/m1/s1. The summed E-state index contributed by atoms with van der Waals surface area (Å²) < 4.78 is 37.8. The Morgan fingerprint density at radius 3 is 2.02 bits per heavy atom. The summed E-state index contributed by atoms with van der Waals surface area (Å²) in [6.07, 6.45) is -14.3. The van der Waals surface area contributed by atoms with E-state index in [1.54, 1.807) is 0 Å². The number of aliphatic hydroxyl groups is 8. The third-order valence-corrected chi connectivity index (χ3v) is 7.52. The molecular weight excluding hydrogens is 636 g/mol. The molecule has 0 spiro atoms. The monoisotopic (exact) mass is 678 g/mol. The Morgan fingerprint density at radius 2 is 1.47 bits per heavy atom. The summed E-state index contributed by atoms with van der Waals surface area (Å²) in [7, 11) is 2.65. The average molecular weight is 679 g/mol. The second kappa shape index (κ2) is 16.8. The van der Waals surface area contributed by atoms with Gasteiger partial charge in [0.05, 0.1) is 45.9 Å². The van der Waals surface area contributed by atoms with Crippen LogP contribution in [0.15, 0.2) is 18.2 Å². The Labute approximate surface area is 268 Å². The van der Waals surface area contributed by atoms with Gasteiger partial charge in [0.25, 0.3) is 0 Å². The molecule has 0 saturated carbocycles. The lowest BCUT2D eigenvalue weighted by atomic mass is 9.94. The molecule has 0 radical (unpaired) electrons. The SMILES string of the molecule is COc1cc(/C=C/COC(=O)C[C@](C)(CC(=O)O)O[C@H]2[C@H](O)[C@@H](O)C(O)O[C@@H]2CO)cc(OC)c1O[C@@H]1O[C@H](CO)[C@@H](O)[C@H](O)[C@H]1O. The van der Waals surface area contributed by atoms with Gasteiger partial charge in [-0.05, 0) is 30.7 Å². The third-order valence-electron chi connectivity index (χ3n) is 7.52. The molecule has 2 heterocycles. The van der Waals surface area contributed by atoms with Crippen LogP contribution in [0.2, 0.25) is 0 Å². The first-order chi connectivity index (χ1) is 22.2. The van der Waals surface area contributed by atoms with Crippen LogP contribution in [-0.2, 0) is 28.5 Å². The van der Waals surface area contributed by atoms with E-state index in [1.165, 1.54) is 45.4 Å². The molecule has 2 fully saturated rings. The van der Waals surface area contributed by atoms with E-state index in [1.807, 2.05) is 0 Å². The van der Waals surface area contributed by atoms with Crippen molar-refractivity contribution >= 4 is 18.0 Å². The number of carbonyl (C=O) groups excluding carboxylic acids is 1. The van der Waals surface area contributed by atoms with Gasteiger partial charge in [0.1, 0.15) is 55.4 Å². The number of hydrogen-bond donors (Lipinski definition) is 9. The number of benzene rings is 1. The number of hydrogen-bond acceptors (Lipinski definition) is 17. The van der Waals surface area contributed by atoms with Gasteiger partial charge in [-0.15, -0.1) is 0 Å². The Kier molecular flexibility index (Phi) is 13.7. The molecule has 0 amide bonds. The molecule has 2 aliphatic heterocycles. The molecular formula is C29H42O18. The van der Waals surface area contributed by atoms with Crippen molar-refractivity contribution < 1.29 is 88.7 Å². The van der Waals surface area contributed by atoms with Crippen LogP contribution in [0.3, 0.4) is 0 Å². The van der Waals surface area contributed by atoms with Crippen molar-refractivity contribution in [1.82, 2.24) is 0 Å². The van der Waals surface area contributed by atoms with Gasteiger partial charge in [-0.3, -0.25) is 9.59 Å². The summed E-state index contributed by atoms with van der Waals surface area (Å²) in [5, 5.41) is 88.9. The zero-order valence-corrected chi connectivity index (χ0v) is 25.8. The van der Waals surface area contributed by atoms with Gasteiger partial charge in [0.2, 0.25) is 12.0 Å². The molecule has 0 aliphatic carbocycles. The second-order valence-electron chi connectivity index (χ2n) is 11.2. The molecule has 1 unspecified atom stereocenters. The van der Waals surface area contributed by atoms with Crippen molar-refractivity contribution in [3.8, 4) is 17.2 Å². The Bertz CT molecular complexity index is 1200. The first-order valence-corrected chi connectivity index (χ1v) is 14.4. The molecule has 18 nitrogen and oxygen atoms in total. The number of ether oxygens (including phenoxy) is 7. The predicted molar refractivity (Wildman–Crippen MR) is 154 cm³/mol. The predicted octanol–water partition coefficient (Wildman–Crippen LogP) is -3.12. The summed E-state index contributed by atoms with van der Waals surface area (Å²) in [5.41, 5.74) is -1.31. The summed E-state index contributed by atoms with van der Waals surface area (Å²) in [4.78, 5) is 24.3. The van der Waals surface area contributed by atoms with Crippen LogP contribution in [0.1, 0.15) is 25.3 Å². The van der Waals surface area contributed by atoms with E-state index in [0.717, 1.165) is 0 Å². The molecule has 47 heavy (non-hydrogen) atoms. The molecule has 11 atom stereocenters. The molecule has 2 saturated heterocycles. The van der Waals surface area contributed by atoms with Gasteiger partial charge in [-0.1, -0.05) is 6.08 Å². The quantitative estimate of drug-likeness (QED) is 0.0830. The number of aliphatic carboxylic acids is 1. The molecule has 18 heteroatoms. The van der Waals surface area contributed by atoms with Gasteiger partial charge >= 0.3 is 11.9 Å². The fourth-order valence-corrected chi connectivity index (χ4v) is 5.08. The maximum absolute atomic E-state index is 12.7. The molecule has 3 rings (SSSR count). The van der Waals surface area contributed by atoms with E-state index < -0.39 is 105 Å². The molecule has 1 aromatic carbocycles. The van der Waals surface area contributed by atoms with Gasteiger partial charge in [-0.2, -0.15) is 0 Å². The minimum Gasteiger partial charge on any atom is -0.493 e. The van der Waals surface area contributed by atoms with Crippen LogP contribution in [0.5, 0.6) is 17.2 Å². The molecule has 0 aromatic heterocycles. The molecule has 0 bridgehead atoms. The minimum absolute atomic E-state index is 0.0282. The Hall–Kier alpha value is -3.14. The van der Waals surface area contributed by atoms with E-state index in [2.05, 4.69) is 0 Å². The molecule has 9 N–H and O–H groups in total. The summed E-state index contributed by atoms with van der Waals surface area (Å²) >= 11 is 0. The Balaban J connectivity index is 1.68. The summed E-state index contributed by atoms with van der Waals surface area (Å²) in [5.74, 6) is -2.06. The van der Waals surface area contributed by atoms with Gasteiger partial charge in [-0.25, -0.2) is 0 Å². The normalized spacial score (nSPS) is 32.4. The van der Waals surface area contributed by atoms with Crippen LogP contribution in [0.25, 0.3) is 6.08 Å². The number of rotatable bonds is 15. The second-order valence-corrected chi connectivity index (χ2v) is 11.2.